The maximum atomic E-state index is 13.8. The third kappa shape index (κ3) is 7.36. The lowest BCUT2D eigenvalue weighted by Crippen LogP contribution is -2.46. The van der Waals surface area contributed by atoms with Gasteiger partial charge in [0, 0.05) is 0 Å². The van der Waals surface area contributed by atoms with E-state index in [0.29, 0.717) is 25.9 Å². The molecule has 3 heterocycles. The van der Waals surface area contributed by atoms with E-state index in [4.69, 9.17) is 23.3 Å². The number of fused-ring (bicyclic) bond motifs is 5. The van der Waals surface area contributed by atoms with Gasteiger partial charge in [0.25, 0.3) is 0 Å². The summed E-state index contributed by atoms with van der Waals surface area (Å²) < 4.78 is 42.8. The van der Waals surface area contributed by atoms with Gasteiger partial charge in [-0.05, 0) is 45.2 Å². The number of ether oxygens (including phenoxy) is 3. The van der Waals surface area contributed by atoms with Gasteiger partial charge in [0.05, 0.1) is 32.2 Å². The highest BCUT2D eigenvalue weighted by molar-refractivity contribution is 7.52. The maximum Gasteiger partial charge on any atom is 0.459 e. The van der Waals surface area contributed by atoms with Crippen LogP contribution in [0.5, 0.6) is 11.5 Å². The Morgan fingerprint density at radius 1 is 1.15 bits per heavy atom. The fourth-order valence-electron chi connectivity index (χ4n) is 4.18. The number of carbonyl (C=O) groups excluding carboxylic acids is 1. The number of aromatic nitrogens is 2. The first-order valence-electron chi connectivity index (χ1n) is 12.9. The number of allylic oxidation sites excluding steroid dienone is 1. The van der Waals surface area contributed by atoms with Crippen LogP contribution in [0.3, 0.4) is 0 Å². The minimum atomic E-state index is -4.26. The molecule has 4 bridgehead atoms. The molecule has 1 fully saturated rings. The lowest BCUT2D eigenvalue weighted by molar-refractivity contribution is -0.145. The molecule has 1 unspecified atom stereocenters. The second-order valence-corrected chi connectivity index (χ2v) is 11.3. The van der Waals surface area contributed by atoms with Gasteiger partial charge in [-0.1, -0.05) is 30.4 Å². The van der Waals surface area contributed by atoms with Crippen molar-refractivity contribution < 1.29 is 42.8 Å². The van der Waals surface area contributed by atoms with Crippen LogP contribution in [0.15, 0.2) is 59.7 Å². The molecular formula is C26H34N3O10P. The van der Waals surface area contributed by atoms with Crippen molar-refractivity contribution in [2.24, 2.45) is 0 Å². The van der Waals surface area contributed by atoms with E-state index >= 15 is 0 Å². The van der Waals surface area contributed by atoms with Gasteiger partial charge in [-0.25, -0.2) is 9.36 Å². The van der Waals surface area contributed by atoms with E-state index in [1.165, 1.54) is 26.2 Å². The van der Waals surface area contributed by atoms with Gasteiger partial charge < -0.3 is 28.9 Å². The minimum Gasteiger partial charge on any atom is -0.490 e. The summed E-state index contributed by atoms with van der Waals surface area (Å²) in [6.07, 6.45) is 4.09. The Balaban J connectivity index is 1.61. The van der Waals surface area contributed by atoms with Gasteiger partial charge in [-0.3, -0.25) is 13.9 Å². The summed E-state index contributed by atoms with van der Waals surface area (Å²) in [6.45, 7) is 2.67. The molecule has 3 N–H and O–H groups in total. The molecule has 0 spiro atoms. The number of aliphatic hydroxyl groups excluding tert-OH is 1. The first-order valence-corrected chi connectivity index (χ1v) is 14.5. The molecule has 13 nitrogen and oxygen atoms in total. The molecule has 1 aromatic carbocycles. The van der Waals surface area contributed by atoms with Crippen molar-refractivity contribution in [3.05, 3.63) is 65.4 Å². The van der Waals surface area contributed by atoms with Crippen LogP contribution in [-0.4, -0.2) is 69.4 Å². The zero-order valence-electron chi connectivity index (χ0n) is 22.3. The zero-order chi connectivity index (χ0) is 28.8. The molecule has 0 radical (unpaired) electrons. The molecule has 2 aromatic rings. The summed E-state index contributed by atoms with van der Waals surface area (Å²) in [7, 11) is -4.26. The summed E-state index contributed by atoms with van der Waals surface area (Å²) in [5.74, 6) is -0.197. The average molecular weight is 580 g/mol. The molecule has 2 aliphatic rings. The van der Waals surface area contributed by atoms with E-state index in [9.17, 15) is 24.4 Å². The fraction of sp³-hybridized carbons (Fsp3) is 0.500. The molecule has 0 saturated carbocycles. The predicted molar refractivity (Wildman–Crippen MR) is 142 cm³/mol. The Labute approximate surface area is 231 Å². The van der Waals surface area contributed by atoms with Crippen molar-refractivity contribution in [1.82, 2.24) is 14.6 Å². The minimum absolute atomic E-state index is 0.155. The molecule has 1 aromatic heterocycles. The molecule has 2 aliphatic heterocycles. The zero-order valence-corrected chi connectivity index (χ0v) is 23.1. The molecule has 1 saturated heterocycles. The highest BCUT2D eigenvalue weighted by Crippen LogP contribution is 2.47. The van der Waals surface area contributed by atoms with Crippen LogP contribution in [0.25, 0.3) is 0 Å². The SMILES string of the molecule is C[C@H]1NP(=O)(Oc2ccccc2)OC[C@H]2O[C@@H](n3cc(cnc3=O)OCC/C=C/CCCOC1=O)[C@](C)(O)[C@@H]2O. The molecule has 14 heteroatoms. The molecule has 40 heavy (non-hydrogen) atoms. The number of para-hydroxylation sites is 1. The lowest BCUT2D eigenvalue weighted by Gasteiger charge is -2.27. The van der Waals surface area contributed by atoms with Gasteiger partial charge in [0.1, 0.15) is 29.6 Å². The topological polar surface area (TPSA) is 168 Å². The average Bonchev–Trinajstić information content (AvgIpc) is 3.15. The third-order valence-corrected chi connectivity index (χ3v) is 8.00. The standard InChI is InChI=1S/C26H34N3O10P/c1-18-23(31)36-14-10-5-3-4-9-13-35-20-15-27-25(32)29(16-20)24-26(2,33)22(30)21(38-24)17-37-40(34,28-18)39-19-11-7-6-8-12-19/h3-4,6-8,11-12,15-16,18,21-22,24,30,33H,5,9-10,13-14,17H2,1-2H3,(H,28,34)/b4-3+/t18-,21-,22-,24-,26-,40?/m1/s1. The van der Waals surface area contributed by atoms with Crippen LogP contribution in [0.4, 0.5) is 0 Å². The van der Waals surface area contributed by atoms with Crippen LogP contribution in [0.2, 0.25) is 0 Å². The van der Waals surface area contributed by atoms with Gasteiger partial charge in [-0.2, -0.15) is 10.1 Å². The quantitative estimate of drug-likeness (QED) is 0.270. The van der Waals surface area contributed by atoms with Gasteiger partial charge in [0.15, 0.2) is 12.0 Å². The van der Waals surface area contributed by atoms with Gasteiger partial charge in [-0.15, -0.1) is 0 Å². The van der Waals surface area contributed by atoms with Crippen molar-refractivity contribution in [2.45, 2.75) is 63.2 Å². The number of nitrogens with zero attached hydrogens (tertiary/aromatic N) is 2. The number of cyclic esters (lactones) is 1. The number of hydrogen-bond donors (Lipinski definition) is 3. The summed E-state index contributed by atoms with van der Waals surface area (Å²) >= 11 is 0. The number of benzene rings is 1. The van der Waals surface area contributed by atoms with Crippen LogP contribution < -0.4 is 20.0 Å². The van der Waals surface area contributed by atoms with Gasteiger partial charge in [0.2, 0.25) is 0 Å². The Morgan fingerprint density at radius 3 is 2.67 bits per heavy atom. The van der Waals surface area contributed by atoms with Crippen molar-refractivity contribution in [3.63, 3.8) is 0 Å². The number of hydrogen-bond acceptors (Lipinski definition) is 11. The first kappa shape index (κ1) is 29.9. The fourth-order valence-corrected chi connectivity index (χ4v) is 5.68. The van der Waals surface area contributed by atoms with Gasteiger partial charge >= 0.3 is 19.4 Å². The largest absolute Gasteiger partial charge is 0.490 e. The predicted octanol–water partition coefficient (Wildman–Crippen LogP) is 2.10. The first-order chi connectivity index (χ1) is 19.1. The van der Waals surface area contributed by atoms with Crippen LogP contribution in [0, 0.1) is 0 Å². The summed E-state index contributed by atoms with van der Waals surface area (Å²) in [5, 5.41) is 24.6. The monoisotopic (exact) mass is 579 g/mol. The Bertz CT molecular complexity index is 1280. The second-order valence-electron chi connectivity index (χ2n) is 9.64. The summed E-state index contributed by atoms with van der Waals surface area (Å²) in [5.41, 5.74) is -2.70. The Morgan fingerprint density at radius 2 is 1.90 bits per heavy atom. The number of aliphatic hydroxyl groups is 2. The lowest BCUT2D eigenvalue weighted by atomic mass is 9.96. The van der Waals surface area contributed by atoms with Crippen molar-refractivity contribution in [1.29, 1.82) is 0 Å². The summed E-state index contributed by atoms with van der Waals surface area (Å²) in [6, 6.07) is 7.10. The maximum absolute atomic E-state index is 13.8. The highest BCUT2D eigenvalue weighted by atomic mass is 31.2. The number of nitrogens with one attached hydrogen (secondary N) is 1. The molecular weight excluding hydrogens is 545 g/mol. The van der Waals surface area contributed by atoms with Crippen LogP contribution in [0.1, 0.15) is 39.3 Å². The smallest absolute Gasteiger partial charge is 0.459 e. The molecule has 0 aliphatic carbocycles. The van der Waals surface area contributed by atoms with Crippen LogP contribution in [-0.2, 0) is 23.4 Å². The van der Waals surface area contributed by atoms with Crippen LogP contribution >= 0.6 is 7.75 Å². The highest BCUT2D eigenvalue weighted by Gasteiger charge is 2.54. The number of esters is 1. The Kier molecular flexibility index (Phi) is 9.77. The second kappa shape index (κ2) is 13.1. The van der Waals surface area contributed by atoms with E-state index < -0.39 is 56.1 Å². The molecule has 6 atom stereocenters. The van der Waals surface area contributed by atoms with E-state index in [-0.39, 0.29) is 18.1 Å². The molecule has 0 amide bonds. The van der Waals surface area contributed by atoms with E-state index in [2.05, 4.69) is 10.1 Å². The van der Waals surface area contributed by atoms with E-state index in [1.807, 2.05) is 12.2 Å². The van der Waals surface area contributed by atoms with E-state index in [0.717, 1.165) is 4.57 Å². The number of carbonyl (C=O) groups is 1. The molecule has 218 valence electrons. The number of rotatable bonds is 2. The van der Waals surface area contributed by atoms with E-state index in [1.54, 1.807) is 30.3 Å². The molecule has 4 rings (SSSR count). The summed E-state index contributed by atoms with van der Waals surface area (Å²) in [4.78, 5) is 28.9. The van der Waals surface area contributed by atoms with Crippen molar-refractivity contribution >= 4 is 13.7 Å². The third-order valence-electron chi connectivity index (χ3n) is 6.36. The normalized spacial score (nSPS) is 33.1. The Hall–Kier alpha value is -3.06. The van der Waals surface area contributed by atoms with Crippen molar-refractivity contribution in [2.75, 3.05) is 19.8 Å². The van der Waals surface area contributed by atoms with Crippen molar-refractivity contribution in [3.8, 4) is 11.5 Å².